The second kappa shape index (κ2) is 7.32. The maximum Gasteiger partial charge on any atom is 0.220 e. The van der Waals surface area contributed by atoms with Gasteiger partial charge in [0, 0.05) is 23.5 Å². The van der Waals surface area contributed by atoms with Gasteiger partial charge in [0.2, 0.25) is 5.95 Å². The molecule has 0 fully saturated rings. The minimum atomic E-state index is -0.908. The number of ether oxygens (including phenoxy) is 1. The maximum atomic E-state index is 14.4. The molecule has 1 aliphatic rings. The first-order valence-electron chi connectivity index (χ1n) is 9.80. The summed E-state index contributed by atoms with van der Waals surface area (Å²) in [6.07, 6.45) is 3.14. The molecule has 0 radical (unpaired) electrons. The lowest BCUT2D eigenvalue weighted by molar-refractivity contribution is 0.414. The van der Waals surface area contributed by atoms with Crippen molar-refractivity contribution in [3.63, 3.8) is 0 Å². The molecule has 6 heteroatoms. The third-order valence-electron chi connectivity index (χ3n) is 5.59. The molecule has 2 N–H and O–H groups in total. The molecule has 2 aromatic carbocycles. The number of benzene rings is 2. The molecule has 0 saturated heterocycles. The quantitative estimate of drug-likeness (QED) is 0.509. The molecule has 0 aliphatic carbocycles. The van der Waals surface area contributed by atoms with Crippen molar-refractivity contribution in [2.45, 2.75) is 5.54 Å². The summed E-state index contributed by atoms with van der Waals surface area (Å²) in [5.74, 6) is 0.588. The summed E-state index contributed by atoms with van der Waals surface area (Å²) >= 11 is 0. The van der Waals surface area contributed by atoms with Crippen LogP contribution in [0.3, 0.4) is 0 Å². The van der Waals surface area contributed by atoms with Gasteiger partial charge >= 0.3 is 0 Å². The fraction of sp³-hybridized carbons (Fsp3) is 0.0800. The number of pyridine rings is 2. The molecular weight excluding hydrogens is 391 g/mol. The van der Waals surface area contributed by atoms with Crippen molar-refractivity contribution >= 4 is 5.84 Å². The van der Waals surface area contributed by atoms with Crippen LogP contribution >= 0.6 is 0 Å². The Bertz CT molecular complexity index is 1300. The molecule has 0 amide bonds. The molecule has 0 saturated carbocycles. The van der Waals surface area contributed by atoms with E-state index in [1.807, 2.05) is 60.7 Å². The molecule has 2 aromatic heterocycles. The van der Waals surface area contributed by atoms with E-state index < -0.39 is 11.5 Å². The van der Waals surface area contributed by atoms with E-state index in [2.05, 4.69) is 9.97 Å². The average Bonchev–Trinajstić information content (AvgIpc) is 3.13. The fourth-order valence-corrected chi connectivity index (χ4v) is 4.15. The van der Waals surface area contributed by atoms with Crippen LogP contribution in [0.1, 0.15) is 22.4 Å². The van der Waals surface area contributed by atoms with E-state index >= 15 is 0 Å². The summed E-state index contributed by atoms with van der Waals surface area (Å²) in [6, 6.07) is 22.7. The molecule has 152 valence electrons. The molecule has 5 nitrogen and oxygen atoms in total. The minimum Gasteiger partial charge on any atom is -0.497 e. The zero-order chi connectivity index (χ0) is 21.4. The number of hydrogen-bond donors (Lipinski definition) is 1. The van der Waals surface area contributed by atoms with Crippen LogP contribution in [-0.4, -0.2) is 22.9 Å². The lowest BCUT2D eigenvalue weighted by atomic mass is 9.77. The molecule has 1 unspecified atom stereocenters. The highest BCUT2D eigenvalue weighted by Gasteiger charge is 2.43. The summed E-state index contributed by atoms with van der Waals surface area (Å²) in [6.45, 7) is 0. The summed E-state index contributed by atoms with van der Waals surface area (Å²) < 4.78 is 19.7. The van der Waals surface area contributed by atoms with Crippen LogP contribution < -0.4 is 10.5 Å². The van der Waals surface area contributed by atoms with Gasteiger partial charge in [0.05, 0.1) is 7.11 Å². The normalized spacial score (nSPS) is 17.2. The second-order valence-corrected chi connectivity index (χ2v) is 7.26. The van der Waals surface area contributed by atoms with Crippen LogP contribution in [0, 0.1) is 5.95 Å². The molecule has 31 heavy (non-hydrogen) atoms. The number of hydrogen-bond acceptors (Lipinski definition) is 5. The van der Waals surface area contributed by atoms with Gasteiger partial charge in [0.1, 0.15) is 22.8 Å². The number of nitrogens with two attached hydrogens (primary N) is 1. The number of nitrogens with zero attached hydrogens (tertiary/aromatic N) is 3. The lowest BCUT2D eigenvalue weighted by Crippen LogP contribution is -2.25. The van der Waals surface area contributed by atoms with Crippen molar-refractivity contribution in [1.29, 1.82) is 0 Å². The van der Waals surface area contributed by atoms with Crippen LogP contribution in [0.4, 0.5) is 4.39 Å². The van der Waals surface area contributed by atoms with Gasteiger partial charge in [-0.15, -0.1) is 0 Å². The first kappa shape index (κ1) is 18.9. The highest BCUT2D eigenvalue weighted by molar-refractivity contribution is 6.01. The SMILES string of the molecule is COc1ccc(C2(c3cccc(-c4cccnc4F)c3)N=C(N)c3ncccc32)cc1. The van der Waals surface area contributed by atoms with Gasteiger partial charge in [-0.05, 0) is 53.1 Å². The number of fused-ring (bicyclic) bond motifs is 1. The van der Waals surface area contributed by atoms with E-state index in [1.165, 1.54) is 6.20 Å². The predicted molar refractivity (Wildman–Crippen MR) is 117 cm³/mol. The lowest BCUT2D eigenvalue weighted by Gasteiger charge is -2.29. The molecule has 4 aromatic rings. The number of halogens is 1. The molecule has 0 bridgehead atoms. The van der Waals surface area contributed by atoms with E-state index in [1.54, 1.807) is 25.4 Å². The molecule has 0 spiro atoms. The Morgan fingerprint density at radius 1 is 0.871 bits per heavy atom. The van der Waals surface area contributed by atoms with Crippen molar-refractivity contribution < 1.29 is 9.13 Å². The highest BCUT2D eigenvalue weighted by Crippen LogP contribution is 2.46. The van der Waals surface area contributed by atoms with Gasteiger partial charge in [-0.25, -0.2) is 9.98 Å². The summed E-state index contributed by atoms with van der Waals surface area (Å²) in [4.78, 5) is 13.2. The van der Waals surface area contributed by atoms with Crippen LogP contribution in [0.15, 0.2) is 90.2 Å². The van der Waals surface area contributed by atoms with E-state index in [9.17, 15) is 4.39 Å². The van der Waals surface area contributed by atoms with Gasteiger partial charge < -0.3 is 10.5 Å². The van der Waals surface area contributed by atoms with E-state index in [0.717, 1.165) is 22.4 Å². The van der Waals surface area contributed by atoms with Crippen LogP contribution in [-0.2, 0) is 5.54 Å². The van der Waals surface area contributed by atoms with Crippen LogP contribution in [0.25, 0.3) is 11.1 Å². The molecule has 1 aliphatic heterocycles. The Hall–Kier alpha value is -4.06. The van der Waals surface area contributed by atoms with Crippen LogP contribution in [0.5, 0.6) is 5.75 Å². The van der Waals surface area contributed by atoms with E-state index in [-0.39, 0.29) is 0 Å². The van der Waals surface area contributed by atoms with Gasteiger partial charge in [-0.1, -0.05) is 36.4 Å². The Labute approximate surface area is 179 Å². The van der Waals surface area contributed by atoms with E-state index in [4.69, 9.17) is 15.5 Å². The van der Waals surface area contributed by atoms with Crippen molar-refractivity contribution in [2.75, 3.05) is 7.11 Å². The number of aromatic nitrogens is 2. The Morgan fingerprint density at radius 3 is 2.42 bits per heavy atom. The monoisotopic (exact) mass is 410 g/mol. The Kier molecular flexibility index (Phi) is 4.47. The van der Waals surface area contributed by atoms with Crippen molar-refractivity contribution in [3.8, 4) is 16.9 Å². The van der Waals surface area contributed by atoms with Crippen LogP contribution in [0.2, 0.25) is 0 Å². The minimum absolute atomic E-state index is 0.365. The first-order valence-corrected chi connectivity index (χ1v) is 9.80. The number of aliphatic imine (C=N–C) groups is 1. The van der Waals surface area contributed by atoms with Gasteiger partial charge in [-0.3, -0.25) is 4.98 Å². The summed E-state index contributed by atoms with van der Waals surface area (Å²) in [7, 11) is 1.63. The third-order valence-corrected chi connectivity index (χ3v) is 5.59. The molecule has 3 heterocycles. The number of amidine groups is 1. The van der Waals surface area contributed by atoms with E-state index in [0.29, 0.717) is 22.7 Å². The largest absolute Gasteiger partial charge is 0.497 e. The zero-order valence-corrected chi connectivity index (χ0v) is 16.8. The molecular formula is C25H19FN4O. The third kappa shape index (κ3) is 2.95. The van der Waals surface area contributed by atoms with Crippen molar-refractivity contribution in [3.05, 3.63) is 114 Å². The summed E-state index contributed by atoms with van der Waals surface area (Å²) in [5.41, 5.74) is 9.84. The Balaban J connectivity index is 1.78. The zero-order valence-electron chi connectivity index (χ0n) is 16.8. The van der Waals surface area contributed by atoms with Crippen molar-refractivity contribution in [1.82, 2.24) is 9.97 Å². The smallest absolute Gasteiger partial charge is 0.220 e. The average molecular weight is 410 g/mol. The number of methoxy groups -OCH3 is 1. The standard InChI is InChI=1S/C25H19FN4O/c1-31-19-11-9-17(10-12-19)25(21-8-4-13-28-22(21)24(27)30-25)18-6-2-5-16(15-18)20-7-3-14-29-23(20)26/h2-15H,1H3,(H2,27,30). The molecule has 5 rings (SSSR count). The maximum absolute atomic E-state index is 14.4. The second-order valence-electron chi connectivity index (χ2n) is 7.26. The van der Waals surface area contributed by atoms with Crippen molar-refractivity contribution in [2.24, 2.45) is 10.7 Å². The summed E-state index contributed by atoms with van der Waals surface area (Å²) in [5, 5.41) is 0. The van der Waals surface area contributed by atoms with Gasteiger partial charge in [-0.2, -0.15) is 4.39 Å². The van der Waals surface area contributed by atoms with Gasteiger partial charge in [0.15, 0.2) is 0 Å². The first-order chi connectivity index (χ1) is 15.1. The highest BCUT2D eigenvalue weighted by atomic mass is 19.1. The van der Waals surface area contributed by atoms with Gasteiger partial charge in [0.25, 0.3) is 0 Å². The molecule has 1 atom stereocenters. The Morgan fingerprint density at radius 2 is 1.65 bits per heavy atom. The predicted octanol–water partition coefficient (Wildman–Crippen LogP) is 4.30. The topological polar surface area (TPSA) is 73.4 Å². The fourth-order valence-electron chi connectivity index (χ4n) is 4.15. The number of rotatable bonds is 4.